The van der Waals surface area contributed by atoms with Crippen LogP contribution in [0.5, 0.6) is 0 Å². The summed E-state index contributed by atoms with van der Waals surface area (Å²) < 4.78 is 11.3. The van der Waals surface area contributed by atoms with Gasteiger partial charge in [0.05, 0.1) is 28.4 Å². The second-order valence-corrected chi connectivity index (χ2v) is 16.1. The van der Waals surface area contributed by atoms with Crippen LogP contribution >= 0.6 is 0 Å². The van der Waals surface area contributed by atoms with Gasteiger partial charge in [-0.2, -0.15) is 0 Å². The van der Waals surface area contributed by atoms with Gasteiger partial charge in [0.2, 0.25) is 0 Å². The van der Waals surface area contributed by atoms with E-state index in [4.69, 9.17) is 15.2 Å². The molecule has 314 valence electrons. The first-order chi connectivity index (χ1) is 30.3. The van der Waals surface area contributed by atoms with E-state index in [2.05, 4.69) is 76.2 Å². The number of nitrogen functional groups attached to an aromatic ring is 1. The summed E-state index contributed by atoms with van der Waals surface area (Å²) in [7, 11) is 0. The lowest BCUT2D eigenvalue weighted by Gasteiger charge is -2.21. The number of anilines is 3. The molecule has 2 atom stereocenters. The van der Waals surface area contributed by atoms with Crippen LogP contribution < -0.4 is 26.2 Å². The van der Waals surface area contributed by atoms with E-state index in [-0.39, 0.29) is 47.2 Å². The summed E-state index contributed by atoms with van der Waals surface area (Å²) in [5.74, 6) is 0.0903. The van der Waals surface area contributed by atoms with E-state index < -0.39 is 6.09 Å². The third-order valence-corrected chi connectivity index (χ3v) is 12.4. The molecule has 2 saturated heterocycles. The van der Waals surface area contributed by atoms with E-state index in [0.29, 0.717) is 31.8 Å². The van der Waals surface area contributed by atoms with Crippen LogP contribution in [-0.2, 0) is 9.47 Å². The van der Waals surface area contributed by atoms with E-state index in [0.717, 1.165) is 30.9 Å². The molecule has 12 heteroatoms. The fraction of sp³-hybridized carbons (Fsp3) is 0.240. The first-order valence-corrected chi connectivity index (χ1v) is 21.1. The van der Waals surface area contributed by atoms with Gasteiger partial charge in [-0.25, -0.2) is 9.59 Å². The summed E-state index contributed by atoms with van der Waals surface area (Å²) >= 11 is 0. The Labute approximate surface area is 360 Å². The number of nitro groups is 1. The molecule has 62 heavy (non-hydrogen) atoms. The largest absolute Gasteiger partial charge is 0.449 e. The zero-order valence-corrected chi connectivity index (χ0v) is 34.2. The SMILES string of the molecule is Nc1ccccc1N1CC[C@H](NC(=O)OCC2c3ccccc3-c3ccccc32)C1.O=C(N[C@H]1CCN(c2ccccc2[N+](=O)[O-])C1)OCC1c2ccccc2-c2ccccc21. The monoisotopic (exact) mass is 828 g/mol. The Morgan fingerprint density at radius 2 is 0.935 bits per heavy atom. The van der Waals surface area contributed by atoms with E-state index in [1.807, 2.05) is 65.6 Å². The van der Waals surface area contributed by atoms with Crippen LogP contribution in [0.2, 0.25) is 0 Å². The number of hydrogen-bond donors (Lipinski definition) is 3. The molecular weight excluding hydrogens is 781 g/mol. The number of hydrogen-bond acceptors (Lipinski definition) is 9. The molecule has 6 aromatic rings. The molecule has 12 nitrogen and oxygen atoms in total. The number of carbonyl (C=O) groups excluding carboxylic acids is 2. The van der Waals surface area contributed by atoms with Gasteiger partial charge < -0.3 is 35.6 Å². The van der Waals surface area contributed by atoms with Gasteiger partial charge in [-0.3, -0.25) is 10.1 Å². The molecule has 0 unspecified atom stereocenters. The number of rotatable bonds is 9. The van der Waals surface area contributed by atoms with Crippen LogP contribution in [0.4, 0.5) is 32.3 Å². The van der Waals surface area contributed by atoms with E-state index >= 15 is 0 Å². The van der Waals surface area contributed by atoms with Gasteiger partial charge in [0.15, 0.2) is 0 Å². The van der Waals surface area contributed by atoms with Crippen molar-refractivity contribution >= 4 is 34.9 Å². The number of nitrogens with zero attached hydrogens (tertiary/aromatic N) is 3. The van der Waals surface area contributed by atoms with Crippen molar-refractivity contribution in [1.82, 2.24) is 10.6 Å². The number of ether oxygens (including phenoxy) is 2. The number of alkyl carbamates (subject to hydrolysis) is 2. The molecule has 4 aliphatic rings. The number of benzene rings is 6. The molecule has 0 saturated carbocycles. The summed E-state index contributed by atoms with van der Waals surface area (Å²) in [4.78, 5) is 40.1. The summed E-state index contributed by atoms with van der Waals surface area (Å²) in [6.07, 6.45) is 0.764. The lowest BCUT2D eigenvalue weighted by molar-refractivity contribution is -0.384. The third-order valence-electron chi connectivity index (χ3n) is 12.4. The molecule has 0 aromatic heterocycles. The van der Waals surface area contributed by atoms with Crippen LogP contribution in [0.1, 0.15) is 46.9 Å². The Bertz CT molecular complexity index is 2530. The molecule has 2 amide bonds. The molecule has 6 aromatic carbocycles. The van der Waals surface area contributed by atoms with E-state index in [9.17, 15) is 19.7 Å². The number of nitrogens with two attached hydrogens (primary N) is 1. The first kappa shape index (κ1) is 40.1. The molecule has 2 fully saturated rings. The molecule has 0 radical (unpaired) electrons. The second kappa shape index (κ2) is 17.7. The topological polar surface area (TPSA) is 152 Å². The fourth-order valence-corrected chi connectivity index (χ4v) is 9.47. The van der Waals surface area contributed by atoms with Gasteiger partial charge in [-0.05, 0) is 75.5 Å². The van der Waals surface area contributed by atoms with Crippen molar-refractivity contribution in [3.8, 4) is 22.3 Å². The van der Waals surface area contributed by atoms with Crippen molar-refractivity contribution in [3.63, 3.8) is 0 Å². The van der Waals surface area contributed by atoms with Crippen molar-refractivity contribution in [2.75, 3.05) is 54.9 Å². The van der Waals surface area contributed by atoms with Gasteiger partial charge in [0.1, 0.15) is 18.9 Å². The van der Waals surface area contributed by atoms with Gasteiger partial charge in [-0.1, -0.05) is 121 Å². The zero-order chi connectivity index (χ0) is 42.6. The average molecular weight is 829 g/mol. The average Bonchev–Trinajstić information content (AvgIpc) is 4.10. The molecule has 2 heterocycles. The maximum absolute atomic E-state index is 12.5. The van der Waals surface area contributed by atoms with Crippen molar-refractivity contribution in [2.45, 2.75) is 36.8 Å². The highest BCUT2D eigenvalue weighted by atomic mass is 16.6. The summed E-state index contributed by atoms with van der Waals surface area (Å²) in [5, 5.41) is 17.3. The highest BCUT2D eigenvalue weighted by Crippen LogP contribution is 2.46. The van der Waals surface area contributed by atoms with Gasteiger partial charge in [0, 0.05) is 44.1 Å². The van der Waals surface area contributed by atoms with Crippen molar-refractivity contribution in [1.29, 1.82) is 0 Å². The Hall–Kier alpha value is -7.34. The number of carbonyl (C=O) groups is 2. The quantitative estimate of drug-likeness (QED) is 0.0736. The minimum Gasteiger partial charge on any atom is -0.449 e. The number of para-hydroxylation sites is 4. The maximum atomic E-state index is 12.5. The smallest absolute Gasteiger partial charge is 0.407 e. The van der Waals surface area contributed by atoms with E-state index in [1.54, 1.807) is 18.2 Å². The first-order valence-electron chi connectivity index (χ1n) is 21.1. The van der Waals surface area contributed by atoms with Crippen molar-refractivity contribution < 1.29 is 24.0 Å². The minimum atomic E-state index is -0.457. The number of nitrogens with one attached hydrogen (secondary N) is 2. The van der Waals surface area contributed by atoms with Crippen molar-refractivity contribution in [2.24, 2.45) is 0 Å². The predicted molar refractivity (Wildman–Crippen MR) is 242 cm³/mol. The minimum absolute atomic E-state index is 0.0141. The van der Waals surface area contributed by atoms with Crippen molar-refractivity contribution in [3.05, 3.63) is 178 Å². The van der Waals surface area contributed by atoms with E-state index in [1.165, 1.54) is 50.6 Å². The summed E-state index contributed by atoms with van der Waals surface area (Å²) in [6.45, 7) is 3.34. The summed E-state index contributed by atoms with van der Waals surface area (Å²) in [6, 6.07) is 47.6. The van der Waals surface area contributed by atoms with Gasteiger partial charge in [-0.15, -0.1) is 0 Å². The standard InChI is InChI=1S/C25H23N3O4.C25H25N3O2/c29-25(26-17-13-14-27(15-17)23-11-5-6-12-24(23)28(30)31)32-16-22-20-9-3-1-7-18(20)19-8-2-4-10-21(19)22;26-23-11-5-6-12-24(23)28-14-13-17(15-28)27-25(29)30-16-22-20-9-3-1-7-18(20)19-8-2-4-10-21(19)22/h1-12,17,22H,13-16H2,(H,26,29);1-12,17,22H,13-16,26H2,(H,27,29)/t2*17-/m00/s1. The molecule has 10 rings (SSSR count). The molecule has 4 N–H and O–H groups in total. The number of amides is 2. The van der Waals surface area contributed by atoms with Crippen LogP contribution in [0, 0.1) is 10.1 Å². The Morgan fingerprint density at radius 3 is 1.37 bits per heavy atom. The Morgan fingerprint density at radius 1 is 0.565 bits per heavy atom. The Balaban J connectivity index is 0.000000158. The lowest BCUT2D eigenvalue weighted by atomic mass is 9.98. The predicted octanol–water partition coefficient (Wildman–Crippen LogP) is 9.10. The van der Waals surface area contributed by atoms with Gasteiger partial charge >= 0.3 is 12.2 Å². The third kappa shape index (κ3) is 8.23. The number of nitro benzene ring substituents is 1. The molecule has 2 aliphatic carbocycles. The van der Waals surface area contributed by atoms with Gasteiger partial charge in [0.25, 0.3) is 5.69 Å². The van der Waals surface area contributed by atoms with Crippen LogP contribution in [-0.4, -0.2) is 68.6 Å². The second-order valence-electron chi connectivity index (χ2n) is 16.1. The lowest BCUT2D eigenvalue weighted by Crippen LogP contribution is -2.38. The van der Waals surface area contributed by atoms with Crippen LogP contribution in [0.25, 0.3) is 22.3 Å². The van der Waals surface area contributed by atoms with Crippen LogP contribution in [0.3, 0.4) is 0 Å². The maximum Gasteiger partial charge on any atom is 0.407 e. The Kier molecular flexibility index (Phi) is 11.5. The number of fused-ring (bicyclic) bond motifs is 6. The molecular formula is C50H48N6O6. The zero-order valence-electron chi connectivity index (χ0n) is 34.2. The highest BCUT2D eigenvalue weighted by Gasteiger charge is 2.33. The molecule has 2 aliphatic heterocycles. The normalized spacial score (nSPS) is 17.2. The van der Waals surface area contributed by atoms with Crippen LogP contribution in [0.15, 0.2) is 146 Å². The fourth-order valence-electron chi connectivity index (χ4n) is 9.47. The highest BCUT2D eigenvalue weighted by molar-refractivity contribution is 5.80. The molecule has 0 spiro atoms. The molecule has 0 bridgehead atoms. The summed E-state index contributed by atoms with van der Waals surface area (Å²) in [5.41, 5.74) is 18.2.